The number of thiophene rings is 1. The molecule has 1 saturated carbocycles. The van der Waals surface area contributed by atoms with Gasteiger partial charge in [-0.3, -0.25) is 0 Å². The first-order valence-electron chi connectivity index (χ1n) is 5.49. The highest BCUT2D eigenvalue weighted by Crippen LogP contribution is 2.33. The second kappa shape index (κ2) is 4.67. The summed E-state index contributed by atoms with van der Waals surface area (Å²) in [6.45, 7) is 2.22. The van der Waals surface area contributed by atoms with Gasteiger partial charge in [0.1, 0.15) is 0 Å². The highest BCUT2D eigenvalue weighted by atomic mass is 35.5. The minimum absolute atomic E-state index is 0.450. The Morgan fingerprint density at radius 1 is 1.36 bits per heavy atom. The molecule has 0 aromatic carbocycles. The van der Waals surface area contributed by atoms with Crippen LogP contribution in [0.2, 0.25) is 0 Å². The van der Waals surface area contributed by atoms with Crippen LogP contribution in [-0.2, 0) is 12.8 Å². The number of aryl methyl sites for hydroxylation is 1. The summed E-state index contributed by atoms with van der Waals surface area (Å²) in [5, 5.41) is 0.450. The minimum atomic E-state index is 0.450. The summed E-state index contributed by atoms with van der Waals surface area (Å²) >= 11 is 8.09. The van der Waals surface area contributed by atoms with Crippen molar-refractivity contribution in [3.8, 4) is 0 Å². The van der Waals surface area contributed by atoms with E-state index in [-0.39, 0.29) is 0 Å². The Balaban J connectivity index is 1.90. The van der Waals surface area contributed by atoms with Crippen molar-refractivity contribution in [1.82, 2.24) is 0 Å². The molecule has 0 spiro atoms. The summed E-state index contributed by atoms with van der Waals surface area (Å²) in [7, 11) is 0. The first-order chi connectivity index (χ1) is 6.78. The van der Waals surface area contributed by atoms with Crippen molar-refractivity contribution < 1.29 is 0 Å². The summed E-state index contributed by atoms with van der Waals surface area (Å²) in [6.07, 6.45) is 6.20. The zero-order chi connectivity index (χ0) is 9.97. The molecule has 2 rings (SSSR count). The predicted octanol–water partition coefficient (Wildman–Crippen LogP) is 4.26. The highest BCUT2D eigenvalue weighted by molar-refractivity contribution is 7.11. The number of halogens is 1. The third-order valence-electron chi connectivity index (χ3n) is 3.03. The lowest BCUT2D eigenvalue weighted by atomic mass is 10.0. The lowest BCUT2D eigenvalue weighted by Crippen LogP contribution is -1.98. The molecule has 1 aromatic rings. The average molecular weight is 229 g/mol. The topological polar surface area (TPSA) is 0 Å². The van der Waals surface area contributed by atoms with Crippen molar-refractivity contribution in [2.45, 2.75) is 44.4 Å². The van der Waals surface area contributed by atoms with Crippen LogP contribution in [-0.4, -0.2) is 5.38 Å². The van der Waals surface area contributed by atoms with Gasteiger partial charge in [0.25, 0.3) is 0 Å². The lowest BCUT2D eigenvalue weighted by molar-refractivity contribution is 0.552. The SMILES string of the molecule is CCc1ccc(CC2CCC(Cl)C2)s1. The van der Waals surface area contributed by atoms with Crippen molar-refractivity contribution >= 4 is 22.9 Å². The molecule has 2 unspecified atom stereocenters. The maximum atomic E-state index is 6.11. The summed E-state index contributed by atoms with van der Waals surface area (Å²) < 4.78 is 0. The molecule has 1 aliphatic carbocycles. The molecule has 2 atom stereocenters. The number of rotatable bonds is 3. The van der Waals surface area contributed by atoms with Crippen LogP contribution < -0.4 is 0 Å². The fourth-order valence-electron chi connectivity index (χ4n) is 2.21. The smallest absolute Gasteiger partial charge is 0.0338 e. The molecule has 1 aliphatic rings. The van der Waals surface area contributed by atoms with Crippen LogP contribution in [0, 0.1) is 5.92 Å². The molecule has 1 heterocycles. The molecule has 2 heteroatoms. The molecule has 1 fully saturated rings. The summed E-state index contributed by atoms with van der Waals surface area (Å²) in [5.74, 6) is 0.848. The first kappa shape index (κ1) is 10.5. The molecule has 1 aromatic heterocycles. The predicted molar refractivity (Wildman–Crippen MR) is 64.4 cm³/mol. The van der Waals surface area contributed by atoms with E-state index in [0.717, 1.165) is 5.92 Å². The van der Waals surface area contributed by atoms with Gasteiger partial charge < -0.3 is 0 Å². The Labute approximate surface area is 95.3 Å². The van der Waals surface area contributed by atoms with Crippen LogP contribution in [0.15, 0.2) is 12.1 Å². The second-order valence-electron chi connectivity index (χ2n) is 4.20. The van der Waals surface area contributed by atoms with Gasteiger partial charge in [-0.2, -0.15) is 0 Å². The standard InChI is InChI=1S/C12H17ClS/c1-2-11-5-6-12(14-11)8-9-3-4-10(13)7-9/h5-6,9-10H,2-4,7-8H2,1H3. The summed E-state index contributed by atoms with van der Waals surface area (Å²) in [5.41, 5.74) is 0. The third-order valence-corrected chi connectivity index (χ3v) is 4.68. The monoisotopic (exact) mass is 228 g/mol. The zero-order valence-corrected chi connectivity index (χ0v) is 10.2. The minimum Gasteiger partial charge on any atom is -0.145 e. The van der Waals surface area contributed by atoms with Crippen LogP contribution in [0.3, 0.4) is 0 Å². The maximum absolute atomic E-state index is 6.11. The quantitative estimate of drug-likeness (QED) is 0.679. The van der Waals surface area contributed by atoms with E-state index in [4.69, 9.17) is 11.6 Å². The van der Waals surface area contributed by atoms with Crippen LogP contribution in [0.4, 0.5) is 0 Å². The second-order valence-corrected chi connectivity index (χ2v) is 6.07. The highest BCUT2D eigenvalue weighted by Gasteiger charge is 2.23. The molecule has 0 saturated heterocycles. The number of alkyl halides is 1. The largest absolute Gasteiger partial charge is 0.145 e. The van der Waals surface area contributed by atoms with Crippen LogP contribution in [0.25, 0.3) is 0 Å². The van der Waals surface area contributed by atoms with E-state index in [9.17, 15) is 0 Å². The molecule has 14 heavy (non-hydrogen) atoms. The molecular weight excluding hydrogens is 212 g/mol. The Hall–Kier alpha value is -0.0100. The van der Waals surface area contributed by atoms with Crippen molar-refractivity contribution in [2.75, 3.05) is 0 Å². The summed E-state index contributed by atoms with van der Waals surface area (Å²) in [6, 6.07) is 4.57. The zero-order valence-electron chi connectivity index (χ0n) is 8.63. The Bertz CT molecular complexity index is 292. The van der Waals surface area contributed by atoms with Gasteiger partial charge in [-0.05, 0) is 50.2 Å². The fraction of sp³-hybridized carbons (Fsp3) is 0.667. The van der Waals surface area contributed by atoms with E-state index >= 15 is 0 Å². The molecule has 78 valence electrons. The molecular formula is C12H17ClS. The van der Waals surface area contributed by atoms with E-state index in [2.05, 4.69) is 19.1 Å². The Morgan fingerprint density at radius 2 is 2.14 bits per heavy atom. The number of hydrogen-bond acceptors (Lipinski definition) is 1. The van der Waals surface area contributed by atoms with Crippen LogP contribution >= 0.6 is 22.9 Å². The average Bonchev–Trinajstić information content (AvgIpc) is 2.76. The van der Waals surface area contributed by atoms with Gasteiger partial charge in [0, 0.05) is 15.1 Å². The lowest BCUT2D eigenvalue weighted by Gasteiger charge is -2.06. The normalized spacial score (nSPS) is 27.0. The third kappa shape index (κ3) is 2.52. The first-order valence-corrected chi connectivity index (χ1v) is 6.75. The van der Waals surface area contributed by atoms with E-state index in [1.54, 1.807) is 4.88 Å². The van der Waals surface area contributed by atoms with Gasteiger partial charge in [0.15, 0.2) is 0 Å². The fourth-order valence-corrected chi connectivity index (χ4v) is 3.66. The van der Waals surface area contributed by atoms with Crippen molar-refractivity contribution in [3.63, 3.8) is 0 Å². The number of hydrogen-bond donors (Lipinski definition) is 0. The van der Waals surface area contributed by atoms with Gasteiger partial charge >= 0.3 is 0 Å². The molecule has 0 radical (unpaired) electrons. The molecule has 0 bridgehead atoms. The summed E-state index contributed by atoms with van der Waals surface area (Å²) in [4.78, 5) is 3.07. The van der Waals surface area contributed by atoms with E-state index in [1.165, 1.54) is 37.0 Å². The molecule has 0 N–H and O–H groups in total. The van der Waals surface area contributed by atoms with Gasteiger partial charge in [0.05, 0.1) is 0 Å². The van der Waals surface area contributed by atoms with Gasteiger partial charge in [-0.15, -0.1) is 22.9 Å². The molecule has 0 amide bonds. The van der Waals surface area contributed by atoms with Gasteiger partial charge in [-0.1, -0.05) is 6.92 Å². The maximum Gasteiger partial charge on any atom is 0.0338 e. The van der Waals surface area contributed by atoms with E-state index < -0.39 is 0 Å². The van der Waals surface area contributed by atoms with Gasteiger partial charge in [0.2, 0.25) is 0 Å². The molecule has 0 aliphatic heterocycles. The Kier molecular flexibility index (Phi) is 3.51. The Morgan fingerprint density at radius 3 is 2.71 bits per heavy atom. The van der Waals surface area contributed by atoms with E-state index in [0.29, 0.717) is 5.38 Å². The van der Waals surface area contributed by atoms with Crippen LogP contribution in [0.1, 0.15) is 35.9 Å². The van der Waals surface area contributed by atoms with Crippen molar-refractivity contribution in [2.24, 2.45) is 5.92 Å². The van der Waals surface area contributed by atoms with Crippen molar-refractivity contribution in [1.29, 1.82) is 0 Å². The van der Waals surface area contributed by atoms with E-state index in [1.807, 2.05) is 11.3 Å². The van der Waals surface area contributed by atoms with Crippen LogP contribution in [0.5, 0.6) is 0 Å². The molecule has 0 nitrogen and oxygen atoms in total. The van der Waals surface area contributed by atoms with Gasteiger partial charge in [-0.25, -0.2) is 0 Å². The van der Waals surface area contributed by atoms with Crippen molar-refractivity contribution in [3.05, 3.63) is 21.9 Å².